The zero-order chi connectivity index (χ0) is 16.1. The van der Waals surface area contributed by atoms with Crippen molar-refractivity contribution in [2.24, 2.45) is 0 Å². The molecule has 4 nitrogen and oxygen atoms in total. The third-order valence-electron chi connectivity index (χ3n) is 4.49. The summed E-state index contributed by atoms with van der Waals surface area (Å²) < 4.78 is 5.64. The minimum atomic E-state index is -0.0342. The SMILES string of the molecule is CCN1CCC(NC(=O)COc2ccc3ccccc3c2)CC1. The minimum Gasteiger partial charge on any atom is -0.484 e. The van der Waals surface area contributed by atoms with Crippen molar-refractivity contribution >= 4 is 16.7 Å². The maximum Gasteiger partial charge on any atom is 0.258 e. The van der Waals surface area contributed by atoms with Crippen LogP contribution in [0.15, 0.2) is 42.5 Å². The lowest BCUT2D eigenvalue weighted by Crippen LogP contribution is -2.45. The molecule has 1 saturated heterocycles. The number of benzene rings is 2. The van der Waals surface area contributed by atoms with E-state index in [-0.39, 0.29) is 18.6 Å². The van der Waals surface area contributed by atoms with Crippen LogP contribution >= 0.6 is 0 Å². The highest BCUT2D eigenvalue weighted by atomic mass is 16.5. The summed E-state index contributed by atoms with van der Waals surface area (Å²) in [6, 6.07) is 14.3. The number of amides is 1. The molecule has 0 bridgehead atoms. The Morgan fingerprint density at radius 2 is 1.91 bits per heavy atom. The van der Waals surface area contributed by atoms with Crippen LogP contribution in [0.1, 0.15) is 19.8 Å². The fraction of sp³-hybridized carbons (Fsp3) is 0.421. The maximum absolute atomic E-state index is 12.0. The van der Waals surface area contributed by atoms with Gasteiger partial charge in [0.15, 0.2) is 6.61 Å². The molecule has 1 amide bonds. The van der Waals surface area contributed by atoms with Gasteiger partial charge in [0, 0.05) is 19.1 Å². The van der Waals surface area contributed by atoms with Gasteiger partial charge in [-0.1, -0.05) is 37.3 Å². The van der Waals surface area contributed by atoms with Crippen LogP contribution in [-0.2, 0) is 4.79 Å². The van der Waals surface area contributed by atoms with Gasteiger partial charge < -0.3 is 15.0 Å². The number of carbonyl (C=O) groups excluding carboxylic acids is 1. The van der Waals surface area contributed by atoms with Crippen molar-refractivity contribution in [3.63, 3.8) is 0 Å². The molecule has 0 aromatic heterocycles. The van der Waals surface area contributed by atoms with Gasteiger partial charge in [-0.3, -0.25) is 4.79 Å². The Kier molecular flexibility index (Phi) is 5.13. The van der Waals surface area contributed by atoms with Crippen LogP contribution in [0.2, 0.25) is 0 Å². The zero-order valence-electron chi connectivity index (χ0n) is 13.6. The molecule has 1 N–H and O–H groups in total. The second kappa shape index (κ2) is 7.47. The quantitative estimate of drug-likeness (QED) is 0.923. The second-order valence-electron chi connectivity index (χ2n) is 6.07. The van der Waals surface area contributed by atoms with Gasteiger partial charge in [0.1, 0.15) is 5.75 Å². The van der Waals surface area contributed by atoms with E-state index >= 15 is 0 Å². The van der Waals surface area contributed by atoms with E-state index in [4.69, 9.17) is 4.74 Å². The summed E-state index contributed by atoms with van der Waals surface area (Å²) in [4.78, 5) is 14.5. The van der Waals surface area contributed by atoms with E-state index in [9.17, 15) is 4.79 Å². The summed E-state index contributed by atoms with van der Waals surface area (Å²) in [6.07, 6.45) is 2.05. The lowest BCUT2D eigenvalue weighted by molar-refractivity contribution is -0.124. The Balaban J connectivity index is 1.48. The van der Waals surface area contributed by atoms with E-state index in [0.717, 1.165) is 43.6 Å². The highest BCUT2D eigenvalue weighted by Crippen LogP contribution is 2.20. The molecule has 0 saturated carbocycles. The first-order valence-electron chi connectivity index (χ1n) is 8.38. The monoisotopic (exact) mass is 312 g/mol. The Morgan fingerprint density at radius 1 is 1.17 bits per heavy atom. The third kappa shape index (κ3) is 4.23. The minimum absolute atomic E-state index is 0.0342. The predicted molar refractivity (Wildman–Crippen MR) is 92.7 cm³/mol. The summed E-state index contributed by atoms with van der Waals surface area (Å²) in [5.41, 5.74) is 0. The van der Waals surface area contributed by atoms with Gasteiger partial charge in [-0.2, -0.15) is 0 Å². The van der Waals surface area contributed by atoms with Crippen LogP contribution < -0.4 is 10.1 Å². The third-order valence-corrected chi connectivity index (χ3v) is 4.49. The molecule has 3 rings (SSSR count). The predicted octanol–water partition coefficient (Wildman–Crippen LogP) is 2.82. The van der Waals surface area contributed by atoms with Crippen LogP contribution in [0, 0.1) is 0 Å². The average Bonchev–Trinajstić information content (AvgIpc) is 2.60. The van der Waals surface area contributed by atoms with Crippen molar-refractivity contribution < 1.29 is 9.53 Å². The van der Waals surface area contributed by atoms with Crippen molar-refractivity contribution in [1.29, 1.82) is 0 Å². The topological polar surface area (TPSA) is 41.6 Å². The zero-order valence-corrected chi connectivity index (χ0v) is 13.6. The number of rotatable bonds is 5. The van der Waals surface area contributed by atoms with Gasteiger partial charge in [-0.15, -0.1) is 0 Å². The molecular formula is C19H24N2O2. The summed E-state index contributed by atoms with van der Waals surface area (Å²) in [5.74, 6) is 0.702. The molecule has 1 fully saturated rings. The smallest absolute Gasteiger partial charge is 0.258 e. The van der Waals surface area contributed by atoms with Crippen molar-refractivity contribution in [1.82, 2.24) is 10.2 Å². The largest absolute Gasteiger partial charge is 0.484 e. The number of fused-ring (bicyclic) bond motifs is 1. The molecule has 0 atom stereocenters. The lowest BCUT2D eigenvalue weighted by Gasteiger charge is -2.31. The first kappa shape index (κ1) is 15.8. The number of nitrogens with zero attached hydrogens (tertiary/aromatic N) is 1. The molecule has 0 aliphatic carbocycles. The molecule has 4 heteroatoms. The Bertz CT molecular complexity index is 663. The van der Waals surface area contributed by atoms with E-state index in [0.29, 0.717) is 0 Å². The Morgan fingerprint density at radius 3 is 2.65 bits per heavy atom. The molecule has 2 aromatic rings. The molecule has 1 aliphatic heterocycles. The van der Waals surface area contributed by atoms with Crippen molar-refractivity contribution in [2.75, 3.05) is 26.2 Å². The molecule has 23 heavy (non-hydrogen) atoms. The van der Waals surface area contributed by atoms with E-state index in [1.165, 1.54) is 5.39 Å². The molecular weight excluding hydrogens is 288 g/mol. The second-order valence-corrected chi connectivity index (χ2v) is 6.07. The van der Waals surface area contributed by atoms with E-state index in [1.54, 1.807) is 0 Å². The number of hydrogen-bond acceptors (Lipinski definition) is 3. The number of ether oxygens (including phenoxy) is 1. The number of nitrogens with one attached hydrogen (secondary N) is 1. The van der Waals surface area contributed by atoms with Crippen molar-refractivity contribution in [3.05, 3.63) is 42.5 Å². The fourth-order valence-electron chi connectivity index (χ4n) is 3.07. The molecule has 0 unspecified atom stereocenters. The van der Waals surface area contributed by atoms with Gasteiger partial charge in [-0.25, -0.2) is 0 Å². The average molecular weight is 312 g/mol. The lowest BCUT2D eigenvalue weighted by atomic mass is 10.1. The molecule has 0 radical (unpaired) electrons. The summed E-state index contributed by atoms with van der Waals surface area (Å²) in [7, 11) is 0. The van der Waals surface area contributed by atoms with Gasteiger partial charge in [0.25, 0.3) is 5.91 Å². The fourth-order valence-corrected chi connectivity index (χ4v) is 3.07. The standard InChI is InChI=1S/C19H24N2O2/c1-2-21-11-9-17(10-12-21)20-19(22)14-23-18-8-7-15-5-3-4-6-16(15)13-18/h3-8,13,17H,2,9-12,14H2,1H3,(H,20,22). The van der Waals surface area contributed by atoms with Crippen LogP contribution in [0.25, 0.3) is 10.8 Å². The van der Waals surface area contributed by atoms with E-state index < -0.39 is 0 Å². The molecule has 1 heterocycles. The molecule has 122 valence electrons. The van der Waals surface area contributed by atoms with Crippen LogP contribution in [-0.4, -0.2) is 43.1 Å². The normalized spacial score (nSPS) is 16.4. The van der Waals surface area contributed by atoms with E-state index in [1.807, 2.05) is 36.4 Å². The Labute approximate surface area is 137 Å². The number of likely N-dealkylation sites (tertiary alicyclic amines) is 1. The summed E-state index contributed by atoms with van der Waals surface area (Å²) in [5, 5.41) is 5.38. The highest BCUT2D eigenvalue weighted by Gasteiger charge is 2.19. The number of hydrogen-bond donors (Lipinski definition) is 1. The van der Waals surface area contributed by atoms with Crippen LogP contribution in [0.3, 0.4) is 0 Å². The van der Waals surface area contributed by atoms with E-state index in [2.05, 4.69) is 23.2 Å². The number of carbonyl (C=O) groups is 1. The van der Waals surface area contributed by atoms with Gasteiger partial charge >= 0.3 is 0 Å². The molecule has 1 aliphatic rings. The van der Waals surface area contributed by atoms with Gasteiger partial charge in [-0.05, 0) is 42.3 Å². The summed E-state index contributed by atoms with van der Waals surface area (Å²) in [6.45, 7) is 5.47. The van der Waals surface area contributed by atoms with Gasteiger partial charge in [0.2, 0.25) is 0 Å². The molecule has 0 spiro atoms. The first-order valence-corrected chi connectivity index (χ1v) is 8.38. The Hall–Kier alpha value is -2.07. The van der Waals surface area contributed by atoms with Crippen LogP contribution in [0.5, 0.6) is 5.75 Å². The maximum atomic E-state index is 12.0. The first-order chi connectivity index (χ1) is 11.2. The highest BCUT2D eigenvalue weighted by molar-refractivity contribution is 5.84. The van der Waals surface area contributed by atoms with Crippen LogP contribution in [0.4, 0.5) is 0 Å². The van der Waals surface area contributed by atoms with Crippen molar-refractivity contribution in [2.45, 2.75) is 25.8 Å². The molecule has 2 aromatic carbocycles. The summed E-state index contributed by atoms with van der Waals surface area (Å²) >= 11 is 0. The number of piperidine rings is 1. The van der Waals surface area contributed by atoms with Crippen molar-refractivity contribution in [3.8, 4) is 5.75 Å². The van der Waals surface area contributed by atoms with Gasteiger partial charge in [0.05, 0.1) is 0 Å².